The van der Waals surface area contributed by atoms with Gasteiger partial charge >= 0.3 is 5.97 Å². The summed E-state index contributed by atoms with van der Waals surface area (Å²) in [6, 6.07) is 0.279. The summed E-state index contributed by atoms with van der Waals surface area (Å²) in [4.78, 5) is 10.9. The van der Waals surface area contributed by atoms with Crippen molar-refractivity contribution in [3.05, 3.63) is 0 Å². The molecule has 1 atom stereocenters. The summed E-state index contributed by atoms with van der Waals surface area (Å²) in [5.41, 5.74) is 0. The first kappa shape index (κ1) is 13.4. The molecular weight excluding hydrogens is 230 g/mol. The number of carbonyl (C=O) groups excluding carboxylic acids is 1. The van der Waals surface area contributed by atoms with Gasteiger partial charge in [-0.15, -0.1) is 0 Å². The van der Waals surface area contributed by atoms with E-state index >= 15 is 0 Å². The lowest BCUT2D eigenvalue weighted by atomic mass is 10.0. The third kappa shape index (κ3) is 4.94. The molecule has 5 nitrogen and oxygen atoms in total. The van der Waals surface area contributed by atoms with Crippen molar-refractivity contribution in [3.8, 4) is 0 Å². The average Bonchev–Trinajstić information content (AvgIpc) is 2.27. The molecule has 1 saturated heterocycles. The molecular formula is C10H19NO4S. The second-order valence-corrected chi connectivity index (χ2v) is 6.29. The van der Waals surface area contributed by atoms with Gasteiger partial charge in [-0.05, 0) is 25.8 Å². The molecule has 0 aromatic carbocycles. The summed E-state index contributed by atoms with van der Waals surface area (Å²) in [6.45, 7) is 0.960. The maximum absolute atomic E-state index is 11.5. The van der Waals surface area contributed by atoms with E-state index in [9.17, 15) is 13.2 Å². The van der Waals surface area contributed by atoms with E-state index in [1.54, 1.807) is 0 Å². The number of esters is 1. The van der Waals surface area contributed by atoms with Crippen LogP contribution in [0.15, 0.2) is 0 Å². The third-order valence-electron chi connectivity index (χ3n) is 2.76. The molecule has 16 heavy (non-hydrogen) atoms. The first-order valence-electron chi connectivity index (χ1n) is 5.54. The van der Waals surface area contributed by atoms with Crippen LogP contribution in [0, 0.1) is 0 Å². The lowest BCUT2D eigenvalue weighted by molar-refractivity contribution is -0.137. The summed E-state index contributed by atoms with van der Waals surface area (Å²) >= 11 is 0. The monoisotopic (exact) mass is 249 g/mol. The number of nitrogens with one attached hydrogen (secondary N) is 1. The van der Waals surface area contributed by atoms with Crippen LogP contribution in [-0.2, 0) is 19.4 Å². The molecule has 0 spiro atoms. The molecule has 0 aromatic heterocycles. The Morgan fingerprint density at radius 1 is 1.44 bits per heavy atom. The molecule has 1 N–H and O–H groups in total. The molecule has 6 heteroatoms. The molecule has 1 heterocycles. The number of ether oxygens (including phenoxy) is 1. The minimum atomic E-state index is -3.31. The van der Waals surface area contributed by atoms with E-state index < -0.39 is 21.6 Å². The molecule has 0 amide bonds. The molecule has 1 fully saturated rings. The molecule has 1 aliphatic rings. The average molecular weight is 249 g/mol. The van der Waals surface area contributed by atoms with Gasteiger partial charge in [-0.2, -0.15) is 0 Å². The van der Waals surface area contributed by atoms with Gasteiger partial charge < -0.3 is 10.1 Å². The van der Waals surface area contributed by atoms with Gasteiger partial charge in [0.1, 0.15) is 5.75 Å². The van der Waals surface area contributed by atoms with Gasteiger partial charge in [0.05, 0.1) is 12.9 Å². The molecule has 0 saturated carbocycles. The summed E-state index contributed by atoms with van der Waals surface area (Å²) in [5.74, 6) is -1.13. The van der Waals surface area contributed by atoms with Gasteiger partial charge in [-0.1, -0.05) is 6.42 Å². The number of hydrogen-bond donors (Lipinski definition) is 1. The van der Waals surface area contributed by atoms with Crippen molar-refractivity contribution >= 4 is 15.8 Å². The SMILES string of the molecule is COC(=O)CS(=O)(=O)CC[C@@H]1CCCCN1. The lowest BCUT2D eigenvalue weighted by Gasteiger charge is -2.23. The van der Waals surface area contributed by atoms with Crippen LogP contribution in [0.2, 0.25) is 0 Å². The Bertz CT molecular complexity index is 320. The Morgan fingerprint density at radius 3 is 2.75 bits per heavy atom. The van der Waals surface area contributed by atoms with Crippen LogP contribution in [0.25, 0.3) is 0 Å². The minimum absolute atomic E-state index is 0.0553. The van der Waals surface area contributed by atoms with Gasteiger partial charge in [-0.25, -0.2) is 8.42 Å². The fourth-order valence-electron chi connectivity index (χ4n) is 1.80. The van der Waals surface area contributed by atoms with Crippen LogP contribution in [0.5, 0.6) is 0 Å². The van der Waals surface area contributed by atoms with Crippen LogP contribution in [0.3, 0.4) is 0 Å². The predicted molar refractivity (Wildman–Crippen MR) is 60.9 cm³/mol. The van der Waals surface area contributed by atoms with E-state index in [4.69, 9.17) is 0 Å². The topological polar surface area (TPSA) is 72.5 Å². The molecule has 0 bridgehead atoms. The molecule has 0 unspecified atom stereocenters. The molecule has 94 valence electrons. The number of rotatable bonds is 5. The van der Waals surface area contributed by atoms with E-state index in [1.807, 2.05) is 0 Å². The second-order valence-electron chi connectivity index (χ2n) is 4.10. The van der Waals surface area contributed by atoms with Gasteiger partial charge in [0.15, 0.2) is 9.84 Å². The normalized spacial score (nSPS) is 21.7. The molecule has 1 aliphatic heterocycles. The largest absolute Gasteiger partial charge is 0.468 e. The smallest absolute Gasteiger partial charge is 0.320 e. The van der Waals surface area contributed by atoms with Crippen molar-refractivity contribution < 1.29 is 17.9 Å². The van der Waals surface area contributed by atoms with Crippen LogP contribution >= 0.6 is 0 Å². The number of carbonyl (C=O) groups is 1. The quantitative estimate of drug-likeness (QED) is 0.700. The molecule has 0 aromatic rings. The van der Waals surface area contributed by atoms with Gasteiger partial charge in [-0.3, -0.25) is 4.79 Å². The number of methoxy groups -OCH3 is 1. The third-order valence-corrected chi connectivity index (χ3v) is 4.29. The second kappa shape index (κ2) is 6.20. The maximum Gasteiger partial charge on any atom is 0.320 e. The Balaban J connectivity index is 2.32. The Morgan fingerprint density at radius 2 is 2.19 bits per heavy atom. The van der Waals surface area contributed by atoms with Crippen molar-refractivity contribution in [1.82, 2.24) is 5.32 Å². The van der Waals surface area contributed by atoms with Crippen molar-refractivity contribution in [3.63, 3.8) is 0 Å². The van der Waals surface area contributed by atoms with Crippen molar-refractivity contribution in [2.75, 3.05) is 25.2 Å². The van der Waals surface area contributed by atoms with Gasteiger partial charge in [0.25, 0.3) is 0 Å². The Kier molecular flexibility index (Phi) is 5.21. The van der Waals surface area contributed by atoms with E-state index in [-0.39, 0.29) is 11.8 Å². The highest BCUT2D eigenvalue weighted by Gasteiger charge is 2.20. The highest BCUT2D eigenvalue weighted by Crippen LogP contribution is 2.11. The van der Waals surface area contributed by atoms with Crippen molar-refractivity contribution in [2.45, 2.75) is 31.7 Å². The summed E-state index contributed by atoms with van der Waals surface area (Å²) in [7, 11) is -2.11. The highest BCUT2D eigenvalue weighted by atomic mass is 32.2. The number of sulfone groups is 1. The van der Waals surface area contributed by atoms with E-state index in [2.05, 4.69) is 10.1 Å². The number of piperidine rings is 1. The Labute approximate surface area is 96.5 Å². The van der Waals surface area contributed by atoms with E-state index in [0.717, 1.165) is 25.8 Å². The number of hydrogen-bond acceptors (Lipinski definition) is 5. The summed E-state index contributed by atoms with van der Waals surface area (Å²) < 4.78 is 27.4. The standard InChI is InChI=1S/C10H19NO4S/c1-15-10(12)8-16(13,14)7-5-9-4-2-3-6-11-9/h9,11H,2-8H2,1H3/t9-/m0/s1. The zero-order valence-corrected chi connectivity index (χ0v) is 10.4. The molecule has 0 aliphatic carbocycles. The van der Waals surface area contributed by atoms with Crippen LogP contribution in [-0.4, -0.2) is 45.6 Å². The summed E-state index contributed by atoms with van der Waals surface area (Å²) in [5, 5.41) is 3.28. The first-order chi connectivity index (χ1) is 7.53. The van der Waals surface area contributed by atoms with Crippen LogP contribution < -0.4 is 5.32 Å². The Hall–Kier alpha value is -0.620. The van der Waals surface area contributed by atoms with E-state index in [0.29, 0.717) is 6.42 Å². The highest BCUT2D eigenvalue weighted by molar-refractivity contribution is 7.92. The lowest BCUT2D eigenvalue weighted by Crippen LogP contribution is -2.36. The minimum Gasteiger partial charge on any atom is -0.468 e. The zero-order valence-electron chi connectivity index (χ0n) is 9.57. The van der Waals surface area contributed by atoms with Crippen LogP contribution in [0.1, 0.15) is 25.7 Å². The first-order valence-corrected chi connectivity index (χ1v) is 7.36. The molecule has 1 rings (SSSR count). The molecule has 0 radical (unpaired) electrons. The van der Waals surface area contributed by atoms with Crippen LogP contribution in [0.4, 0.5) is 0 Å². The van der Waals surface area contributed by atoms with Crippen molar-refractivity contribution in [1.29, 1.82) is 0 Å². The zero-order chi connectivity index (χ0) is 12.0. The van der Waals surface area contributed by atoms with Crippen molar-refractivity contribution in [2.24, 2.45) is 0 Å². The predicted octanol–water partition coefficient (Wildman–Crippen LogP) is 0.106. The summed E-state index contributed by atoms with van der Waals surface area (Å²) in [6.07, 6.45) is 3.91. The fraction of sp³-hybridized carbons (Fsp3) is 0.900. The van der Waals surface area contributed by atoms with Gasteiger partial charge in [0.2, 0.25) is 0 Å². The van der Waals surface area contributed by atoms with Gasteiger partial charge in [0, 0.05) is 6.04 Å². The van der Waals surface area contributed by atoms with E-state index in [1.165, 1.54) is 7.11 Å². The maximum atomic E-state index is 11.5. The fourth-order valence-corrected chi connectivity index (χ4v) is 3.07.